The Labute approximate surface area is 171 Å². The molecule has 0 spiro atoms. The number of thiophene rings is 1. The second kappa shape index (κ2) is 7.60. The van der Waals surface area contributed by atoms with Crippen LogP contribution in [0.15, 0.2) is 64.1 Å². The summed E-state index contributed by atoms with van der Waals surface area (Å²) >= 11 is 1.42. The van der Waals surface area contributed by atoms with E-state index in [0.717, 1.165) is 10.4 Å². The summed E-state index contributed by atoms with van der Waals surface area (Å²) in [6.45, 7) is 2.00. The van der Waals surface area contributed by atoms with Crippen LogP contribution in [0, 0.1) is 6.92 Å². The number of likely N-dealkylation sites (tertiary alicyclic amines) is 1. The van der Waals surface area contributed by atoms with Gasteiger partial charge in [-0.2, -0.15) is 0 Å². The number of Topliss-reactive ketones (excluding diaryl/α,β-unsaturated/α-hetero) is 1. The van der Waals surface area contributed by atoms with Gasteiger partial charge in [0.2, 0.25) is 0 Å². The lowest BCUT2D eigenvalue weighted by Gasteiger charge is -2.23. The monoisotopic (exact) mass is 409 g/mol. The topological polar surface area (TPSA) is 80.0 Å². The number of rotatable bonds is 5. The van der Waals surface area contributed by atoms with Gasteiger partial charge in [0.15, 0.2) is 0 Å². The van der Waals surface area contributed by atoms with Crippen molar-refractivity contribution in [3.8, 4) is 5.75 Å². The third-order valence-electron chi connectivity index (χ3n) is 4.87. The van der Waals surface area contributed by atoms with E-state index in [9.17, 15) is 14.7 Å². The predicted molar refractivity (Wildman–Crippen MR) is 109 cm³/mol. The van der Waals surface area contributed by atoms with Crippen molar-refractivity contribution in [1.82, 2.24) is 4.90 Å². The minimum atomic E-state index is -0.726. The highest BCUT2D eigenvalue weighted by molar-refractivity contribution is 7.10. The van der Waals surface area contributed by atoms with Crippen molar-refractivity contribution in [3.63, 3.8) is 0 Å². The molecule has 1 unspecified atom stereocenters. The fourth-order valence-electron chi connectivity index (χ4n) is 3.51. The van der Waals surface area contributed by atoms with Gasteiger partial charge >= 0.3 is 0 Å². The Morgan fingerprint density at radius 1 is 1.24 bits per heavy atom. The third kappa shape index (κ3) is 3.34. The molecule has 2 aromatic heterocycles. The Bertz CT molecular complexity index is 1080. The van der Waals surface area contributed by atoms with Crippen LogP contribution in [0.3, 0.4) is 0 Å². The summed E-state index contributed by atoms with van der Waals surface area (Å²) in [5.41, 5.74) is 1.32. The number of ketones is 1. The number of aryl methyl sites for hydroxylation is 1. The first kappa shape index (κ1) is 19.0. The van der Waals surface area contributed by atoms with Gasteiger partial charge < -0.3 is 19.2 Å². The molecule has 1 N–H and O–H groups in total. The smallest absolute Gasteiger partial charge is 0.296 e. The summed E-state index contributed by atoms with van der Waals surface area (Å²) in [6, 6.07) is 11.8. The number of hydrogen-bond donors (Lipinski definition) is 1. The van der Waals surface area contributed by atoms with E-state index < -0.39 is 17.7 Å². The second-order valence-corrected chi connectivity index (χ2v) is 7.70. The van der Waals surface area contributed by atoms with Gasteiger partial charge in [0, 0.05) is 4.88 Å². The maximum Gasteiger partial charge on any atom is 0.296 e. The Kier molecular flexibility index (Phi) is 4.98. The first-order valence-corrected chi connectivity index (χ1v) is 9.88. The number of hydrogen-bond acceptors (Lipinski definition) is 6. The molecule has 6 nitrogen and oxygen atoms in total. The van der Waals surface area contributed by atoms with Crippen molar-refractivity contribution in [2.75, 3.05) is 7.11 Å². The quantitative estimate of drug-likeness (QED) is 0.387. The molecule has 1 aliphatic rings. The number of nitrogens with zero attached hydrogens (tertiary/aromatic N) is 1. The lowest BCUT2D eigenvalue weighted by molar-refractivity contribution is -0.140. The minimum Gasteiger partial charge on any atom is -0.507 e. The maximum atomic E-state index is 13.0. The van der Waals surface area contributed by atoms with Gasteiger partial charge in [-0.05, 0) is 42.6 Å². The molecule has 29 heavy (non-hydrogen) atoms. The molecule has 0 radical (unpaired) electrons. The molecule has 0 saturated carbocycles. The molecule has 4 rings (SSSR count). The van der Waals surface area contributed by atoms with Gasteiger partial charge in [-0.1, -0.05) is 17.7 Å². The molecule has 1 fully saturated rings. The molecular formula is C22H19NO5S. The lowest BCUT2D eigenvalue weighted by atomic mass is 9.98. The van der Waals surface area contributed by atoms with Crippen LogP contribution in [0.5, 0.6) is 5.75 Å². The van der Waals surface area contributed by atoms with Crippen LogP contribution in [-0.4, -0.2) is 28.8 Å². The fraction of sp³-hybridized carbons (Fsp3) is 0.182. The zero-order valence-corrected chi connectivity index (χ0v) is 16.7. The Balaban J connectivity index is 1.89. The molecule has 7 heteroatoms. The number of furan rings is 1. The van der Waals surface area contributed by atoms with Gasteiger partial charge in [0.25, 0.3) is 11.7 Å². The summed E-state index contributed by atoms with van der Waals surface area (Å²) in [5, 5.41) is 13.0. The third-order valence-corrected chi connectivity index (χ3v) is 5.79. The van der Waals surface area contributed by atoms with Crippen LogP contribution in [0.25, 0.3) is 5.76 Å². The number of carbonyl (C=O) groups is 2. The van der Waals surface area contributed by atoms with Crippen LogP contribution >= 0.6 is 11.3 Å². The van der Waals surface area contributed by atoms with Gasteiger partial charge in [-0.3, -0.25) is 9.59 Å². The van der Waals surface area contributed by atoms with E-state index in [1.165, 1.54) is 29.6 Å². The van der Waals surface area contributed by atoms with E-state index in [0.29, 0.717) is 17.1 Å². The van der Waals surface area contributed by atoms with Crippen LogP contribution in [0.1, 0.15) is 27.8 Å². The van der Waals surface area contributed by atoms with Gasteiger partial charge in [-0.25, -0.2) is 0 Å². The van der Waals surface area contributed by atoms with Crippen molar-refractivity contribution in [1.29, 1.82) is 0 Å². The minimum absolute atomic E-state index is 0.0490. The van der Waals surface area contributed by atoms with Crippen LogP contribution in [0.2, 0.25) is 0 Å². The first-order valence-electron chi connectivity index (χ1n) is 9.00. The Hall–Kier alpha value is -3.32. The number of benzene rings is 1. The zero-order valence-electron chi connectivity index (χ0n) is 15.9. The molecule has 0 aliphatic carbocycles. The van der Waals surface area contributed by atoms with E-state index in [1.54, 1.807) is 24.3 Å². The SMILES string of the molecule is COc1ccc(C)cc1/C(O)=C1/C(=O)C(=O)N(Cc2ccco2)C1c1cccs1. The average molecular weight is 409 g/mol. The van der Waals surface area contributed by atoms with Crippen molar-refractivity contribution in [2.24, 2.45) is 0 Å². The Morgan fingerprint density at radius 2 is 2.07 bits per heavy atom. The maximum absolute atomic E-state index is 13.0. The summed E-state index contributed by atoms with van der Waals surface area (Å²) in [4.78, 5) is 28.1. The molecule has 1 atom stereocenters. The summed E-state index contributed by atoms with van der Waals surface area (Å²) in [7, 11) is 1.49. The van der Waals surface area contributed by atoms with Crippen LogP contribution in [0.4, 0.5) is 0 Å². The molecule has 1 aromatic carbocycles. The molecule has 0 bridgehead atoms. The molecule has 1 saturated heterocycles. The van der Waals surface area contributed by atoms with Crippen LogP contribution < -0.4 is 4.74 Å². The summed E-state index contributed by atoms with van der Waals surface area (Å²) in [6.07, 6.45) is 1.52. The Morgan fingerprint density at radius 3 is 2.72 bits per heavy atom. The number of amides is 1. The molecule has 3 aromatic rings. The van der Waals surface area contributed by atoms with Crippen molar-refractivity contribution in [2.45, 2.75) is 19.5 Å². The lowest BCUT2D eigenvalue weighted by Crippen LogP contribution is -2.28. The van der Waals surface area contributed by atoms with Crippen molar-refractivity contribution < 1.29 is 23.8 Å². The predicted octanol–water partition coefficient (Wildman–Crippen LogP) is 4.28. The molecule has 3 heterocycles. The molecular weight excluding hydrogens is 390 g/mol. The number of methoxy groups -OCH3 is 1. The highest BCUT2D eigenvalue weighted by Crippen LogP contribution is 2.43. The van der Waals surface area contributed by atoms with E-state index in [-0.39, 0.29) is 17.9 Å². The van der Waals surface area contributed by atoms with E-state index in [4.69, 9.17) is 9.15 Å². The number of aliphatic hydroxyl groups is 1. The van der Waals surface area contributed by atoms with Crippen LogP contribution in [-0.2, 0) is 16.1 Å². The average Bonchev–Trinajstić information content (AvgIpc) is 3.46. The molecule has 1 aliphatic heterocycles. The molecule has 148 valence electrons. The highest BCUT2D eigenvalue weighted by Gasteiger charge is 2.47. The van der Waals surface area contributed by atoms with Crippen molar-refractivity contribution >= 4 is 28.8 Å². The standard InChI is InChI=1S/C22H19NO5S/c1-13-7-8-16(27-2)15(11-13)20(24)18-19(17-6-4-10-29-17)23(22(26)21(18)25)12-14-5-3-9-28-14/h3-11,19,24H,12H2,1-2H3/b20-18-. The summed E-state index contributed by atoms with van der Waals surface area (Å²) in [5.74, 6) is -0.662. The normalized spacial score (nSPS) is 18.4. The van der Waals surface area contributed by atoms with Gasteiger partial charge in [0.1, 0.15) is 23.3 Å². The van der Waals surface area contributed by atoms with Gasteiger partial charge in [0.05, 0.1) is 31.1 Å². The van der Waals surface area contributed by atoms with E-state index >= 15 is 0 Å². The van der Waals surface area contributed by atoms with E-state index in [2.05, 4.69) is 0 Å². The first-order chi connectivity index (χ1) is 14.0. The number of carbonyl (C=O) groups excluding carboxylic acids is 2. The fourth-order valence-corrected chi connectivity index (χ4v) is 4.35. The summed E-state index contributed by atoms with van der Waals surface area (Å²) < 4.78 is 10.7. The zero-order chi connectivity index (χ0) is 20.5. The molecule has 1 amide bonds. The highest BCUT2D eigenvalue weighted by atomic mass is 32.1. The number of ether oxygens (including phenoxy) is 1. The second-order valence-electron chi connectivity index (χ2n) is 6.73. The van der Waals surface area contributed by atoms with Gasteiger partial charge in [-0.15, -0.1) is 11.3 Å². The van der Waals surface area contributed by atoms with Crippen molar-refractivity contribution in [3.05, 3.63) is 81.4 Å². The van der Waals surface area contributed by atoms with E-state index in [1.807, 2.05) is 30.5 Å². The largest absolute Gasteiger partial charge is 0.507 e. The number of aliphatic hydroxyl groups excluding tert-OH is 1.